The van der Waals surface area contributed by atoms with Crippen molar-refractivity contribution in [3.8, 4) is 0 Å². The van der Waals surface area contributed by atoms with E-state index in [1.54, 1.807) is 7.11 Å². The minimum Gasteiger partial charge on any atom is -0.361 e. The number of nitrogens with zero attached hydrogens (tertiary/aromatic N) is 1. The van der Waals surface area contributed by atoms with Crippen molar-refractivity contribution in [2.45, 2.75) is 13.2 Å². The Morgan fingerprint density at radius 2 is 2.00 bits per heavy atom. The maximum atomic E-state index is 5.28. The smallest absolute Gasteiger partial charge is 0.180 e. The molecule has 74 valence electrons. The zero-order valence-corrected chi connectivity index (χ0v) is 8.37. The van der Waals surface area contributed by atoms with E-state index in [0.29, 0.717) is 19.9 Å². The first-order valence-corrected chi connectivity index (χ1v) is 4.07. The minimum atomic E-state index is -0.241. The highest BCUT2D eigenvalue weighted by atomic mass is 16.7. The maximum Gasteiger partial charge on any atom is 0.180 e. The molecule has 0 aliphatic rings. The molecule has 12 heavy (non-hydrogen) atoms. The van der Waals surface area contributed by atoms with E-state index in [9.17, 15) is 0 Å². The number of hydrogen-bond donors (Lipinski definition) is 0. The topological polar surface area (TPSA) is 30.9 Å². The third-order valence-electron chi connectivity index (χ3n) is 1.22. The fourth-order valence-electron chi connectivity index (χ4n) is 0.702. The van der Waals surface area contributed by atoms with Crippen molar-refractivity contribution >= 4 is 0 Å². The predicted octanol–water partition coefficient (Wildman–Crippen LogP) is 0.531. The Morgan fingerprint density at radius 1 is 1.33 bits per heavy atom. The Hall–Kier alpha value is -0.160. The Labute approximate surface area is 74.4 Å². The first kappa shape index (κ1) is 11.8. The van der Waals surface area contributed by atoms with Crippen LogP contribution in [0.4, 0.5) is 0 Å². The lowest BCUT2D eigenvalue weighted by Gasteiger charge is -2.16. The third kappa shape index (κ3) is 6.54. The van der Waals surface area contributed by atoms with Crippen LogP contribution < -0.4 is 0 Å². The zero-order chi connectivity index (χ0) is 9.40. The van der Waals surface area contributed by atoms with Gasteiger partial charge in [0.25, 0.3) is 0 Å². The van der Waals surface area contributed by atoms with Gasteiger partial charge in [-0.3, -0.25) is 4.90 Å². The average Bonchev–Trinajstić information content (AvgIpc) is 2.02. The molecular weight excluding hydrogens is 158 g/mol. The molecule has 1 atom stereocenters. The third-order valence-corrected chi connectivity index (χ3v) is 1.22. The summed E-state index contributed by atoms with van der Waals surface area (Å²) in [4.78, 5) is 1.94. The lowest BCUT2D eigenvalue weighted by atomic mass is 10.6. The van der Waals surface area contributed by atoms with Gasteiger partial charge in [-0.1, -0.05) is 0 Å². The molecule has 0 aromatic heterocycles. The van der Waals surface area contributed by atoms with Crippen LogP contribution in [0.25, 0.3) is 0 Å². The summed E-state index contributed by atoms with van der Waals surface area (Å²) in [5, 5.41) is 0. The van der Waals surface area contributed by atoms with Crippen LogP contribution in [0.1, 0.15) is 6.92 Å². The molecule has 0 spiro atoms. The van der Waals surface area contributed by atoms with E-state index in [1.807, 2.05) is 25.9 Å². The van der Waals surface area contributed by atoms with Crippen molar-refractivity contribution in [3.05, 3.63) is 0 Å². The molecule has 0 radical (unpaired) electrons. The number of hydrogen-bond acceptors (Lipinski definition) is 4. The summed E-state index contributed by atoms with van der Waals surface area (Å²) < 4.78 is 15.5. The van der Waals surface area contributed by atoms with E-state index in [0.717, 1.165) is 0 Å². The van der Waals surface area contributed by atoms with E-state index in [4.69, 9.17) is 14.2 Å². The molecule has 0 N–H and O–H groups in total. The molecular formula is C8H19NO3. The van der Waals surface area contributed by atoms with Gasteiger partial charge >= 0.3 is 0 Å². The van der Waals surface area contributed by atoms with Gasteiger partial charge in [0, 0.05) is 13.7 Å². The van der Waals surface area contributed by atoms with Crippen molar-refractivity contribution in [2.24, 2.45) is 0 Å². The van der Waals surface area contributed by atoms with Gasteiger partial charge in [-0.05, 0) is 21.0 Å². The molecule has 1 unspecified atom stereocenters. The molecule has 0 heterocycles. The first-order valence-electron chi connectivity index (χ1n) is 4.07. The van der Waals surface area contributed by atoms with Gasteiger partial charge in [0.15, 0.2) is 6.29 Å². The highest BCUT2D eigenvalue weighted by Gasteiger charge is 2.05. The number of methoxy groups -OCH3 is 1. The van der Waals surface area contributed by atoms with Crippen molar-refractivity contribution in [2.75, 3.05) is 41.1 Å². The number of ether oxygens (including phenoxy) is 3. The van der Waals surface area contributed by atoms with Gasteiger partial charge in [-0.25, -0.2) is 0 Å². The van der Waals surface area contributed by atoms with E-state index in [1.165, 1.54) is 0 Å². The lowest BCUT2D eigenvalue weighted by molar-refractivity contribution is -0.160. The molecule has 0 amide bonds. The lowest BCUT2D eigenvalue weighted by Crippen LogP contribution is -2.25. The Morgan fingerprint density at radius 3 is 2.42 bits per heavy atom. The average molecular weight is 177 g/mol. The predicted molar refractivity (Wildman–Crippen MR) is 46.9 cm³/mol. The normalized spacial score (nSPS) is 13.8. The molecule has 0 saturated carbocycles. The molecule has 4 nitrogen and oxygen atoms in total. The summed E-state index contributed by atoms with van der Waals surface area (Å²) in [6.07, 6.45) is -0.241. The Kier molecular flexibility index (Phi) is 7.39. The van der Waals surface area contributed by atoms with Crippen molar-refractivity contribution in [1.82, 2.24) is 4.90 Å². The van der Waals surface area contributed by atoms with Crippen LogP contribution in [0, 0.1) is 0 Å². The van der Waals surface area contributed by atoms with Crippen LogP contribution in [0.5, 0.6) is 0 Å². The summed E-state index contributed by atoms with van der Waals surface area (Å²) in [5.41, 5.74) is 0. The summed E-state index contributed by atoms with van der Waals surface area (Å²) >= 11 is 0. The molecule has 0 fully saturated rings. The molecule has 0 aliphatic heterocycles. The van der Waals surface area contributed by atoms with Gasteiger partial charge < -0.3 is 14.2 Å². The van der Waals surface area contributed by atoms with E-state index in [-0.39, 0.29) is 6.29 Å². The quantitative estimate of drug-likeness (QED) is 0.531. The molecule has 4 heteroatoms. The highest BCUT2D eigenvalue weighted by molar-refractivity contribution is 4.39. The van der Waals surface area contributed by atoms with Crippen LogP contribution in [-0.2, 0) is 14.2 Å². The van der Waals surface area contributed by atoms with Crippen LogP contribution in [-0.4, -0.2) is 52.3 Å². The minimum absolute atomic E-state index is 0.241. The fraction of sp³-hybridized carbons (Fsp3) is 1.00. The zero-order valence-electron chi connectivity index (χ0n) is 8.37. The van der Waals surface area contributed by atoms with E-state index < -0.39 is 0 Å². The molecule has 0 saturated heterocycles. The second kappa shape index (κ2) is 7.49. The van der Waals surface area contributed by atoms with Gasteiger partial charge in [0.05, 0.1) is 13.3 Å². The molecule has 0 bridgehead atoms. The van der Waals surface area contributed by atoms with Crippen molar-refractivity contribution in [3.63, 3.8) is 0 Å². The van der Waals surface area contributed by atoms with Crippen LogP contribution in [0.2, 0.25) is 0 Å². The van der Waals surface area contributed by atoms with Crippen LogP contribution in [0.15, 0.2) is 0 Å². The fourth-order valence-corrected chi connectivity index (χ4v) is 0.702. The molecule has 0 aromatic carbocycles. The van der Waals surface area contributed by atoms with Crippen LogP contribution in [0.3, 0.4) is 0 Å². The van der Waals surface area contributed by atoms with Gasteiger partial charge in [-0.15, -0.1) is 0 Å². The van der Waals surface area contributed by atoms with Crippen molar-refractivity contribution in [1.29, 1.82) is 0 Å². The second-order valence-corrected chi connectivity index (χ2v) is 2.70. The monoisotopic (exact) mass is 177 g/mol. The summed E-state index contributed by atoms with van der Waals surface area (Å²) in [6, 6.07) is 0. The molecule has 0 aromatic rings. The molecule has 0 rings (SSSR count). The SMILES string of the molecule is CCOC(COCN(C)C)OC. The van der Waals surface area contributed by atoms with Gasteiger partial charge in [0.1, 0.15) is 0 Å². The Bertz CT molecular complexity index is 98.3. The van der Waals surface area contributed by atoms with E-state index >= 15 is 0 Å². The largest absolute Gasteiger partial charge is 0.361 e. The standard InChI is InChI=1S/C8H19NO3/c1-5-12-8(10-4)6-11-7-9(2)3/h8H,5-7H2,1-4H3. The molecule has 0 aliphatic carbocycles. The van der Waals surface area contributed by atoms with E-state index in [2.05, 4.69) is 0 Å². The first-order chi connectivity index (χ1) is 5.70. The number of rotatable bonds is 7. The highest BCUT2D eigenvalue weighted by Crippen LogP contribution is 1.94. The summed E-state index contributed by atoms with van der Waals surface area (Å²) in [6.45, 7) is 3.64. The summed E-state index contributed by atoms with van der Waals surface area (Å²) in [7, 11) is 5.50. The maximum absolute atomic E-state index is 5.28. The summed E-state index contributed by atoms with van der Waals surface area (Å²) in [5.74, 6) is 0. The van der Waals surface area contributed by atoms with Gasteiger partial charge in [-0.2, -0.15) is 0 Å². The van der Waals surface area contributed by atoms with Gasteiger partial charge in [0.2, 0.25) is 0 Å². The van der Waals surface area contributed by atoms with Crippen LogP contribution >= 0.6 is 0 Å². The Balaban J connectivity index is 3.31. The second-order valence-electron chi connectivity index (χ2n) is 2.70. The van der Waals surface area contributed by atoms with Crippen molar-refractivity contribution < 1.29 is 14.2 Å².